The van der Waals surface area contributed by atoms with Gasteiger partial charge in [0.1, 0.15) is 0 Å². The van der Waals surface area contributed by atoms with Crippen LogP contribution in [0.5, 0.6) is 0 Å². The Morgan fingerprint density at radius 1 is 1.00 bits per heavy atom. The molecule has 0 unspecified atom stereocenters. The molecule has 1 aromatic carbocycles. The predicted molar refractivity (Wildman–Crippen MR) is 127 cm³/mol. The predicted octanol–water partition coefficient (Wildman–Crippen LogP) is 4.83. The van der Waals surface area contributed by atoms with Crippen LogP contribution in [-0.4, -0.2) is 22.0 Å². The monoisotopic (exact) mass is 500 g/mol. The number of anilines is 1. The summed E-state index contributed by atoms with van der Waals surface area (Å²) in [5.74, 6) is -0.0317. The number of nitrogens with zero attached hydrogens (tertiary/aromatic N) is 1. The van der Waals surface area contributed by atoms with E-state index in [4.69, 9.17) is 11.6 Å². The van der Waals surface area contributed by atoms with Crippen LogP contribution in [0, 0.1) is 29.6 Å². The summed E-state index contributed by atoms with van der Waals surface area (Å²) in [5.41, 5.74) is 0.604. The summed E-state index contributed by atoms with van der Waals surface area (Å²) < 4.78 is 0. The first kappa shape index (κ1) is 19.6. The Kier molecular flexibility index (Phi) is 4.18. The summed E-state index contributed by atoms with van der Waals surface area (Å²) in [6, 6.07) is 11.1. The molecule has 32 heavy (non-hydrogen) atoms. The molecule has 1 N–H and O–H groups in total. The third-order valence-electron chi connectivity index (χ3n) is 7.66. The Morgan fingerprint density at radius 2 is 1.75 bits per heavy atom. The van der Waals surface area contributed by atoms with E-state index in [1.807, 2.05) is 6.07 Å². The van der Waals surface area contributed by atoms with Gasteiger partial charge in [-0.3, -0.25) is 19.3 Å². The first-order chi connectivity index (χ1) is 15.5. The van der Waals surface area contributed by atoms with Gasteiger partial charge in [-0.15, -0.1) is 23.1 Å². The van der Waals surface area contributed by atoms with Crippen LogP contribution in [0.1, 0.15) is 22.1 Å². The second-order valence-electron chi connectivity index (χ2n) is 8.96. The van der Waals surface area contributed by atoms with Crippen molar-refractivity contribution in [1.82, 2.24) is 4.98 Å². The SMILES string of the molecule is O=C1[C@@H]2[C@H]3C[C@@H]([C@@H]2C(=O)N1c1ccc(Cl)cc1)[C@@H]1[C@H](c2cccs2)c2sc(=O)[nH]c2S[C@@H]31. The van der Waals surface area contributed by atoms with E-state index in [0.717, 1.165) is 16.3 Å². The lowest BCUT2D eigenvalue weighted by Gasteiger charge is -2.42. The smallest absolute Gasteiger partial charge is 0.305 e. The first-order valence-electron chi connectivity index (χ1n) is 10.6. The molecule has 0 spiro atoms. The fraction of sp³-hybridized carbons (Fsp3) is 0.348. The van der Waals surface area contributed by atoms with Gasteiger partial charge >= 0.3 is 4.87 Å². The number of benzene rings is 1. The van der Waals surface area contributed by atoms with Gasteiger partial charge in [0, 0.05) is 25.9 Å². The van der Waals surface area contributed by atoms with E-state index >= 15 is 0 Å². The van der Waals surface area contributed by atoms with E-state index in [2.05, 4.69) is 16.4 Å². The number of aromatic amines is 1. The summed E-state index contributed by atoms with van der Waals surface area (Å²) in [5, 5.41) is 3.83. The lowest BCUT2D eigenvalue weighted by Crippen LogP contribution is -2.42. The van der Waals surface area contributed by atoms with E-state index in [-0.39, 0.29) is 57.4 Å². The van der Waals surface area contributed by atoms with Crippen LogP contribution in [0.2, 0.25) is 5.02 Å². The minimum absolute atomic E-state index is 0.0300. The lowest BCUT2D eigenvalue weighted by molar-refractivity contribution is -0.123. The summed E-state index contributed by atoms with van der Waals surface area (Å²) in [4.78, 5) is 46.1. The number of thiophene rings is 1. The number of thiazole rings is 1. The Balaban J connectivity index is 1.32. The van der Waals surface area contributed by atoms with E-state index in [0.29, 0.717) is 10.7 Å². The number of fused-ring (bicyclic) bond motifs is 9. The van der Waals surface area contributed by atoms with Crippen molar-refractivity contribution in [2.24, 2.45) is 29.6 Å². The molecule has 7 rings (SSSR count). The molecule has 3 aromatic rings. The maximum Gasteiger partial charge on any atom is 0.305 e. The number of hydrogen-bond donors (Lipinski definition) is 1. The van der Waals surface area contributed by atoms with Gasteiger partial charge in [-0.1, -0.05) is 29.0 Å². The zero-order valence-corrected chi connectivity index (χ0v) is 19.8. The van der Waals surface area contributed by atoms with E-state index < -0.39 is 0 Å². The fourth-order valence-corrected chi connectivity index (χ4v) is 10.6. The number of hydrogen-bond acceptors (Lipinski definition) is 6. The zero-order chi connectivity index (χ0) is 21.7. The van der Waals surface area contributed by atoms with Gasteiger partial charge in [0.2, 0.25) is 11.8 Å². The normalized spacial score (nSPS) is 34.7. The molecule has 0 radical (unpaired) electrons. The molecule has 5 nitrogen and oxygen atoms in total. The highest BCUT2D eigenvalue weighted by Gasteiger charge is 2.69. The van der Waals surface area contributed by atoms with Crippen molar-refractivity contribution >= 4 is 63.5 Å². The largest absolute Gasteiger partial charge is 0.307 e. The van der Waals surface area contributed by atoms with Gasteiger partial charge in [-0.2, -0.15) is 0 Å². The van der Waals surface area contributed by atoms with Gasteiger partial charge in [0.15, 0.2) is 0 Å². The molecule has 4 aliphatic rings. The molecule has 162 valence electrons. The number of amides is 2. The second kappa shape index (κ2) is 6.82. The highest BCUT2D eigenvalue weighted by atomic mass is 35.5. The lowest BCUT2D eigenvalue weighted by atomic mass is 9.69. The van der Waals surface area contributed by atoms with Gasteiger partial charge in [-0.05, 0) is 59.9 Å². The first-order valence-corrected chi connectivity index (χ1v) is 13.5. The van der Waals surface area contributed by atoms with Crippen molar-refractivity contribution < 1.29 is 9.59 Å². The van der Waals surface area contributed by atoms with Crippen LogP contribution in [0.3, 0.4) is 0 Å². The topological polar surface area (TPSA) is 70.2 Å². The van der Waals surface area contributed by atoms with Crippen LogP contribution in [-0.2, 0) is 9.59 Å². The molecule has 2 aromatic heterocycles. The van der Waals surface area contributed by atoms with Crippen molar-refractivity contribution in [2.75, 3.05) is 4.90 Å². The van der Waals surface area contributed by atoms with Crippen LogP contribution >= 0.6 is 46.0 Å². The number of carbonyl (C=O) groups excluding carboxylic acids is 2. The number of thioether (sulfide) groups is 1. The maximum absolute atomic E-state index is 13.6. The summed E-state index contributed by atoms with van der Waals surface area (Å²) >= 11 is 10.8. The molecule has 2 aliphatic carbocycles. The fourth-order valence-electron chi connectivity index (χ4n) is 6.65. The summed E-state index contributed by atoms with van der Waals surface area (Å²) in [6.07, 6.45) is 0.907. The Hall–Kier alpha value is -1.87. The summed E-state index contributed by atoms with van der Waals surface area (Å²) in [7, 11) is 0. The van der Waals surface area contributed by atoms with Gasteiger partial charge in [0.05, 0.1) is 22.5 Å². The molecule has 4 heterocycles. The van der Waals surface area contributed by atoms with Crippen molar-refractivity contribution in [3.8, 4) is 0 Å². The minimum atomic E-state index is -0.273. The Bertz CT molecular complexity index is 1310. The van der Waals surface area contributed by atoms with Gasteiger partial charge in [0.25, 0.3) is 0 Å². The molecule has 9 heteroatoms. The standard InChI is InChI=1S/C23H17ClN2O3S3/c24-9-3-5-10(6-4-9)26-21(27)15-11-8-12(16(15)22(26)28)18-14(11)17(13-2-1-7-30-13)19-20(31-18)25-23(29)32-19/h1-7,11-12,14-18H,8H2,(H,25,29)/t11-,12-,14-,15+,16-,17+,18+/m1/s1. The van der Waals surface area contributed by atoms with Crippen molar-refractivity contribution in [1.29, 1.82) is 0 Å². The number of H-pyrrole nitrogens is 1. The van der Waals surface area contributed by atoms with Gasteiger partial charge in [-0.25, -0.2) is 0 Å². The Morgan fingerprint density at radius 3 is 2.47 bits per heavy atom. The van der Waals surface area contributed by atoms with Crippen LogP contribution < -0.4 is 9.77 Å². The molecule has 7 atom stereocenters. The highest BCUT2D eigenvalue weighted by molar-refractivity contribution is 8.00. The van der Waals surface area contributed by atoms with Crippen molar-refractivity contribution in [2.45, 2.75) is 22.6 Å². The van der Waals surface area contributed by atoms with Crippen LogP contribution in [0.4, 0.5) is 5.69 Å². The maximum atomic E-state index is 13.6. The van der Waals surface area contributed by atoms with Crippen LogP contribution in [0.15, 0.2) is 51.6 Å². The molecular formula is C23H17ClN2O3S3. The number of rotatable bonds is 2. The number of nitrogens with one attached hydrogen (secondary N) is 1. The van der Waals surface area contributed by atoms with Crippen LogP contribution in [0.25, 0.3) is 0 Å². The molecule has 2 aliphatic heterocycles. The number of aromatic nitrogens is 1. The average Bonchev–Trinajstić information content (AvgIpc) is 3.57. The third-order valence-corrected chi connectivity index (χ3v) is 11.5. The number of halogens is 1. The minimum Gasteiger partial charge on any atom is -0.307 e. The molecule has 2 saturated carbocycles. The number of carbonyl (C=O) groups is 2. The quantitative estimate of drug-likeness (QED) is 0.512. The van der Waals surface area contributed by atoms with E-state index in [1.165, 1.54) is 21.1 Å². The third kappa shape index (κ3) is 2.49. The van der Waals surface area contributed by atoms with Crippen molar-refractivity contribution in [3.63, 3.8) is 0 Å². The Labute approximate surface area is 200 Å². The average molecular weight is 501 g/mol. The highest BCUT2D eigenvalue weighted by Crippen LogP contribution is 2.68. The van der Waals surface area contributed by atoms with E-state index in [9.17, 15) is 14.4 Å². The molecular weight excluding hydrogens is 484 g/mol. The second-order valence-corrected chi connectivity index (χ2v) is 12.6. The van der Waals surface area contributed by atoms with E-state index in [1.54, 1.807) is 47.4 Å². The number of imide groups is 1. The van der Waals surface area contributed by atoms with Gasteiger partial charge < -0.3 is 4.98 Å². The zero-order valence-electron chi connectivity index (χ0n) is 16.6. The summed E-state index contributed by atoms with van der Waals surface area (Å²) in [6.45, 7) is 0. The molecule has 2 bridgehead atoms. The molecule has 1 saturated heterocycles. The molecule has 3 fully saturated rings. The van der Waals surface area contributed by atoms with Crippen molar-refractivity contribution in [3.05, 3.63) is 66.2 Å². The molecule has 2 amide bonds.